The summed E-state index contributed by atoms with van der Waals surface area (Å²) in [6, 6.07) is 0.609. The lowest BCUT2D eigenvalue weighted by Gasteiger charge is -2.23. The van der Waals surface area contributed by atoms with Crippen molar-refractivity contribution in [3.05, 3.63) is 0 Å². The van der Waals surface area contributed by atoms with E-state index in [1.54, 1.807) is 0 Å². The Morgan fingerprint density at radius 1 is 1.38 bits per heavy atom. The second-order valence-electron chi connectivity index (χ2n) is 4.98. The molecule has 1 unspecified atom stereocenters. The molecule has 13 heavy (non-hydrogen) atoms. The molecule has 2 aliphatic rings. The molecule has 1 atom stereocenters. The molecule has 0 amide bonds. The molecule has 1 saturated carbocycles. The van der Waals surface area contributed by atoms with Crippen molar-refractivity contribution in [3.8, 4) is 0 Å². The molecule has 0 radical (unpaired) electrons. The Kier molecular flexibility index (Phi) is 2.61. The Hall–Kier alpha value is -0.0800. The molecule has 0 aromatic rings. The van der Waals surface area contributed by atoms with E-state index in [0.29, 0.717) is 6.04 Å². The zero-order valence-electron chi connectivity index (χ0n) is 8.81. The number of rotatable bonds is 2. The standard InChI is InChI=1S/C11H21NO/c1-9(2)7-10-8-13-11(12-10)5-3-4-6-11/h9-10,12H,3-8H2,1-2H3. The minimum atomic E-state index is 0.0968. The van der Waals surface area contributed by atoms with Crippen molar-refractivity contribution in [2.75, 3.05) is 6.61 Å². The topological polar surface area (TPSA) is 21.3 Å². The average Bonchev–Trinajstić information content (AvgIpc) is 2.63. The summed E-state index contributed by atoms with van der Waals surface area (Å²) in [4.78, 5) is 0. The fourth-order valence-electron chi connectivity index (χ4n) is 2.65. The minimum absolute atomic E-state index is 0.0968. The van der Waals surface area contributed by atoms with Crippen molar-refractivity contribution in [2.24, 2.45) is 5.92 Å². The van der Waals surface area contributed by atoms with Crippen LogP contribution in [0.1, 0.15) is 46.0 Å². The van der Waals surface area contributed by atoms with Crippen molar-refractivity contribution in [2.45, 2.75) is 57.7 Å². The van der Waals surface area contributed by atoms with E-state index >= 15 is 0 Å². The molecule has 2 fully saturated rings. The van der Waals surface area contributed by atoms with Gasteiger partial charge in [-0.1, -0.05) is 13.8 Å². The SMILES string of the molecule is CC(C)CC1COC2(CCCC2)N1. The summed E-state index contributed by atoms with van der Waals surface area (Å²) in [7, 11) is 0. The molecule has 0 aromatic carbocycles. The maximum Gasteiger partial charge on any atom is 0.119 e. The van der Waals surface area contributed by atoms with Crippen molar-refractivity contribution >= 4 is 0 Å². The average molecular weight is 183 g/mol. The Balaban J connectivity index is 1.86. The zero-order valence-corrected chi connectivity index (χ0v) is 8.81. The van der Waals surface area contributed by atoms with Crippen LogP contribution in [0.15, 0.2) is 0 Å². The minimum Gasteiger partial charge on any atom is -0.359 e. The van der Waals surface area contributed by atoms with Crippen LogP contribution in [-0.4, -0.2) is 18.4 Å². The molecule has 76 valence electrons. The van der Waals surface area contributed by atoms with Gasteiger partial charge in [-0.15, -0.1) is 0 Å². The van der Waals surface area contributed by atoms with Crippen LogP contribution in [0, 0.1) is 5.92 Å². The van der Waals surface area contributed by atoms with E-state index in [1.165, 1.54) is 32.1 Å². The highest BCUT2D eigenvalue weighted by Crippen LogP contribution is 2.35. The Labute approximate surface area is 81.0 Å². The molecule has 2 rings (SSSR count). The van der Waals surface area contributed by atoms with Gasteiger partial charge in [0.1, 0.15) is 5.72 Å². The van der Waals surface area contributed by atoms with Crippen LogP contribution in [0.5, 0.6) is 0 Å². The molecule has 2 nitrogen and oxygen atoms in total. The first-order chi connectivity index (χ1) is 6.20. The fraction of sp³-hybridized carbons (Fsp3) is 1.00. The highest BCUT2D eigenvalue weighted by molar-refractivity contribution is 4.92. The molecule has 1 N–H and O–H groups in total. The Morgan fingerprint density at radius 3 is 2.69 bits per heavy atom. The molecular formula is C11H21NO. The molecule has 2 heteroatoms. The van der Waals surface area contributed by atoms with Gasteiger partial charge in [-0.2, -0.15) is 0 Å². The molecule has 1 saturated heterocycles. The van der Waals surface area contributed by atoms with Crippen molar-refractivity contribution < 1.29 is 4.74 Å². The third-order valence-electron chi connectivity index (χ3n) is 3.20. The maximum atomic E-state index is 5.90. The molecule has 1 spiro atoms. The van der Waals surface area contributed by atoms with Gasteiger partial charge in [0.05, 0.1) is 6.61 Å². The van der Waals surface area contributed by atoms with Crippen molar-refractivity contribution in [1.29, 1.82) is 0 Å². The van der Waals surface area contributed by atoms with Crippen LogP contribution >= 0.6 is 0 Å². The lowest BCUT2D eigenvalue weighted by atomic mass is 10.0. The van der Waals surface area contributed by atoms with Gasteiger partial charge < -0.3 is 4.74 Å². The van der Waals surface area contributed by atoms with Gasteiger partial charge in [0.15, 0.2) is 0 Å². The van der Waals surface area contributed by atoms with Crippen LogP contribution in [0.2, 0.25) is 0 Å². The van der Waals surface area contributed by atoms with Crippen LogP contribution in [-0.2, 0) is 4.74 Å². The summed E-state index contributed by atoms with van der Waals surface area (Å²) in [5.74, 6) is 0.776. The number of nitrogens with one attached hydrogen (secondary N) is 1. The van der Waals surface area contributed by atoms with Crippen LogP contribution in [0.4, 0.5) is 0 Å². The lowest BCUT2D eigenvalue weighted by Crippen LogP contribution is -2.41. The second-order valence-corrected chi connectivity index (χ2v) is 4.98. The molecule has 1 heterocycles. The van der Waals surface area contributed by atoms with Crippen molar-refractivity contribution in [1.82, 2.24) is 5.32 Å². The highest BCUT2D eigenvalue weighted by Gasteiger charge is 2.41. The van der Waals surface area contributed by atoms with Crippen LogP contribution in [0.25, 0.3) is 0 Å². The number of ether oxygens (including phenoxy) is 1. The first-order valence-electron chi connectivity index (χ1n) is 5.62. The first kappa shape index (κ1) is 9.47. The smallest absolute Gasteiger partial charge is 0.119 e. The Bertz CT molecular complexity index is 173. The number of hydrogen-bond acceptors (Lipinski definition) is 2. The molecule has 1 aliphatic carbocycles. The van der Waals surface area contributed by atoms with Gasteiger partial charge in [-0.05, 0) is 38.0 Å². The van der Waals surface area contributed by atoms with Gasteiger partial charge in [0.25, 0.3) is 0 Å². The maximum absolute atomic E-state index is 5.90. The summed E-state index contributed by atoms with van der Waals surface area (Å²) >= 11 is 0. The van der Waals surface area contributed by atoms with E-state index in [4.69, 9.17) is 4.74 Å². The van der Waals surface area contributed by atoms with Gasteiger partial charge in [0.2, 0.25) is 0 Å². The zero-order chi connectivity index (χ0) is 9.31. The Morgan fingerprint density at radius 2 is 2.08 bits per heavy atom. The summed E-state index contributed by atoms with van der Waals surface area (Å²) in [6.07, 6.45) is 6.37. The van der Waals surface area contributed by atoms with Crippen LogP contribution in [0.3, 0.4) is 0 Å². The fourth-order valence-corrected chi connectivity index (χ4v) is 2.65. The van der Waals surface area contributed by atoms with E-state index in [9.17, 15) is 0 Å². The second kappa shape index (κ2) is 3.58. The van der Waals surface area contributed by atoms with Gasteiger partial charge in [0, 0.05) is 6.04 Å². The predicted molar refractivity (Wildman–Crippen MR) is 53.5 cm³/mol. The number of hydrogen-bond donors (Lipinski definition) is 1. The molecular weight excluding hydrogens is 162 g/mol. The van der Waals surface area contributed by atoms with Gasteiger partial charge in [-0.25, -0.2) is 0 Å². The van der Waals surface area contributed by atoms with Crippen molar-refractivity contribution in [3.63, 3.8) is 0 Å². The lowest BCUT2D eigenvalue weighted by molar-refractivity contribution is -0.00360. The monoisotopic (exact) mass is 183 g/mol. The summed E-state index contributed by atoms with van der Waals surface area (Å²) in [5.41, 5.74) is 0.0968. The van der Waals surface area contributed by atoms with Crippen LogP contribution < -0.4 is 5.32 Å². The quantitative estimate of drug-likeness (QED) is 0.709. The van der Waals surface area contributed by atoms with E-state index in [2.05, 4.69) is 19.2 Å². The molecule has 0 bridgehead atoms. The van der Waals surface area contributed by atoms with E-state index in [0.717, 1.165) is 12.5 Å². The van der Waals surface area contributed by atoms with Gasteiger partial charge >= 0.3 is 0 Å². The van der Waals surface area contributed by atoms with E-state index in [-0.39, 0.29) is 5.72 Å². The molecule has 0 aromatic heterocycles. The summed E-state index contributed by atoms with van der Waals surface area (Å²) < 4.78 is 5.90. The molecule has 1 aliphatic heterocycles. The summed E-state index contributed by atoms with van der Waals surface area (Å²) in [6.45, 7) is 5.49. The third kappa shape index (κ3) is 2.05. The predicted octanol–water partition coefficient (Wildman–Crippen LogP) is 2.29. The highest BCUT2D eigenvalue weighted by atomic mass is 16.5. The van der Waals surface area contributed by atoms with E-state index in [1.807, 2.05) is 0 Å². The normalized spacial score (nSPS) is 32.1. The van der Waals surface area contributed by atoms with Gasteiger partial charge in [-0.3, -0.25) is 5.32 Å². The summed E-state index contributed by atoms with van der Waals surface area (Å²) in [5, 5.41) is 3.68. The largest absolute Gasteiger partial charge is 0.359 e. The third-order valence-corrected chi connectivity index (χ3v) is 3.20. The first-order valence-corrected chi connectivity index (χ1v) is 5.62. The van der Waals surface area contributed by atoms with E-state index < -0.39 is 0 Å².